The molecule has 3 heteroatoms. The molecule has 0 aromatic carbocycles. The summed E-state index contributed by atoms with van der Waals surface area (Å²) in [5.41, 5.74) is 6.98. The van der Waals surface area contributed by atoms with Crippen LogP contribution >= 0.6 is 0 Å². The maximum absolute atomic E-state index is 6.31. The van der Waals surface area contributed by atoms with Gasteiger partial charge in [0.2, 0.25) is 0 Å². The summed E-state index contributed by atoms with van der Waals surface area (Å²) in [5.74, 6) is 0.667. The zero-order valence-electron chi connectivity index (χ0n) is 14.9. The fourth-order valence-corrected chi connectivity index (χ4v) is 4.46. The molecule has 0 aromatic rings. The van der Waals surface area contributed by atoms with Gasteiger partial charge in [0.15, 0.2) is 0 Å². The number of nitrogens with zero attached hydrogens (tertiary/aromatic N) is 2. The van der Waals surface area contributed by atoms with Gasteiger partial charge in [-0.05, 0) is 58.2 Å². The highest BCUT2D eigenvalue weighted by Crippen LogP contribution is 2.46. The summed E-state index contributed by atoms with van der Waals surface area (Å²) in [6, 6.07) is 0.558. The van der Waals surface area contributed by atoms with E-state index in [1.54, 1.807) is 0 Å². The monoisotopic (exact) mass is 283 g/mol. The molecule has 1 saturated carbocycles. The van der Waals surface area contributed by atoms with Crippen LogP contribution in [0.5, 0.6) is 0 Å². The first kappa shape index (κ1) is 17.9. The van der Waals surface area contributed by atoms with Crippen LogP contribution in [0.4, 0.5) is 0 Å². The maximum Gasteiger partial charge on any atom is 0.0360 e. The SMILES string of the molecule is CCN(C(C)CN(C)C)C1(CN)CCC(C)(C)CC1C. The Morgan fingerprint density at radius 1 is 1.25 bits per heavy atom. The Bertz CT molecular complexity index is 301. The van der Waals surface area contributed by atoms with Gasteiger partial charge in [0.05, 0.1) is 0 Å². The number of likely N-dealkylation sites (N-methyl/N-ethyl adjacent to an activating group) is 2. The van der Waals surface area contributed by atoms with Crippen LogP contribution in [0, 0.1) is 11.3 Å². The summed E-state index contributed by atoms with van der Waals surface area (Å²) in [5, 5.41) is 0. The van der Waals surface area contributed by atoms with Crippen LogP contribution in [0.25, 0.3) is 0 Å². The molecule has 0 saturated heterocycles. The lowest BCUT2D eigenvalue weighted by Gasteiger charge is -2.55. The minimum absolute atomic E-state index is 0.194. The largest absolute Gasteiger partial charge is 0.329 e. The van der Waals surface area contributed by atoms with E-state index in [-0.39, 0.29) is 5.54 Å². The molecule has 20 heavy (non-hydrogen) atoms. The third kappa shape index (κ3) is 3.75. The first-order chi connectivity index (χ1) is 9.18. The van der Waals surface area contributed by atoms with Crippen molar-refractivity contribution in [2.45, 2.75) is 65.5 Å². The van der Waals surface area contributed by atoms with Crippen LogP contribution in [0.15, 0.2) is 0 Å². The van der Waals surface area contributed by atoms with E-state index in [0.717, 1.165) is 19.6 Å². The zero-order valence-corrected chi connectivity index (χ0v) is 14.9. The quantitative estimate of drug-likeness (QED) is 0.813. The van der Waals surface area contributed by atoms with Gasteiger partial charge < -0.3 is 10.6 Å². The van der Waals surface area contributed by atoms with E-state index in [0.29, 0.717) is 17.4 Å². The van der Waals surface area contributed by atoms with E-state index < -0.39 is 0 Å². The molecule has 1 aliphatic carbocycles. The predicted octanol–water partition coefficient (Wildman–Crippen LogP) is 2.80. The number of hydrogen-bond donors (Lipinski definition) is 1. The van der Waals surface area contributed by atoms with Gasteiger partial charge in [0.1, 0.15) is 0 Å². The molecule has 0 bridgehead atoms. The number of hydrogen-bond acceptors (Lipinski definition) is 3. The second-order valence-corrected chi connectivity index (χ2v) is 7.97. The molecule has 0 spiro atoms. The summed E-state index contributed by atoms with van der Waals surface area (Å²) < 4.78 is 0. The van der Waals surface area contributed by atoms with E-state index >= 15 is 0 Å². The summed E-state index contributed by atoms with van der Waals surface area (Å²) in [6.07, 6.45) is 3.82. The molecule has 2 N–H and O–H groups in total. The van der Waals surface area contributed by atoms with Crippen molar-refractivity contribution in [3.8, 4) is 0 Å². The van der Waals surface area contributed by atoms with E-state index in [4.69, 9.17) is 5.73 Å². The summed E-state index contributed by atoms with van der Waals surface area (Å²) >= 11 is 0. The Morgan fingerprint density at radius 3 is 2.25 bits per heavy atom. The van der Waals surface area contributed by atoms with Crippen molar-refractivity contribution in [3.63, 3.8) is 0 Å². The highest BCUT2D eigenvalue weighted by atomic mass is 15.3. The van der Waals surface area contributed by atoms with Gasteiger partial charge in [-0.15, -0.1) is 0 Å². The molecule has 0 aromatic heterocycles. The van der Waals surface area contributed by atoms with Crippen molar-refractivity contribution in [1.82, 2.24) is 9.80 Å². The lowest BCUT2D eigenvalue weighted by atomic mass is 9.63. The lowest BCUT2D eigenvalue weighted by Crippen LogP contribution is -2.64. The first-order valence-electron chi connectivity index (χ1n) is 8.30. The molecule has 3 atom stereocenters. The van der Waals surface area contributed by atoms with Gasteiger partial charge in [0.25, 0.3) is 0 Å². The summed E-state index contributed by atoms with van der Waals surface area (Å²) in [4.78, 5) is 4.97. The van der Waals surface area contributed by atoms with E-state index in [2.05, 4.69) is 58.5 Å². The smallest absolute Gasteiger partial charge is 0.0360 e. The molecule has 1 aliphatic rings. The van der Waals surface area contributed by atoms with E-state index in [1.165, 1.54) is 19.3 Å². The normalized spacial score (nSPS) is 31.8. The van der Waals surface area contributed by atoms with Crippen LogP contribution in [-0.2, 0) is 0 Å². The Labute approximate surface area is 126 Å². The van der Waals surface area contributed by atoms with Crippen LogP contribution in [0.1, 0.15) is 53.9 Å². The van der Waals surface area contributed by atoms with Gasteiger partial charge in [-0.25, -0.2) is 0 Å². The standard InChI is InChI=1S/C17H37N3/c1-8-20(15(3)12-19(6)7)17(13-18)10-9-16(4,5)11-14(17)2/h14-15H,8-13,18H2,1-7H3. The van der Waals surface area contributed by atoms with Crippen LogP contribution in [0.2, 0.25) is 0 Å². The maximum atomic E-state index is 6.31. The lowest BCUT2D eigenvalue weighted by molar-refractivity contribution is -0.0441. The average Bonchev–Trinajstić information content (AvgIpc) is 2.31. The number of rotatable bonds is 6. The molecule has 0 heterocycles. The molecule has 3 nitrogen and oxygen atoms in total. The Hall–Kier alpha value is -0.120. The van der Waals surface area contributed by atoms with Crippen LogP contribution in [-0.4, -0.2) is 55.1 Å². The van der Waals surface area contributed by atoms with Crippen LogP contribution < -0.4 is 5.73 Å². The van der Waals surface area contributed by atoms with Gasteiger partial charge in [-0.2, -0.15) is 0 Å². The van der Waals surface area contributed by atoms with Gasteiger partial charge in [-0.3, -0.25) is 4.90 Å². The zero-order chi connectivity index (χ0) is 15.6. The molecule has 0 radical (unpaired) electrons. The molecule has 120 valence electrons. The Morgan fingerprint density at radius 2 is 1.85 bits per heavy atom. The van der Waals surface area contributed by atoms with E-state index in [9.17, 15) is 0 Å². The fraction of sp³-hybridized carbons (Fsp3) is 1.00. The topological polar surface area (TPSA) is 32.5 Å². The minimum atomic E-state index is 0.194. The molecule has 0 aliphatic heterocycles. The van der Waals surface area contributed by atoms with Crippen molar-refractivity contribution in [2.75, 3.05) is 33.7 Å². The predicted molar refractivity (Wildman–Crippen MR) is 89.0 cm³/mol. The second kappa shape index (κ2) is 6.76. The molecule has 0 amide bonds. The van der Waals surface area contributed by atoms with Crippen LogP contribution in [0.3, 0.4) is 0 Å². The highest BCUT2D eigenvalue weighted by Gasteiger charge is 2.47. The van der Waals surface area contributed by atoms with Crippen molar-refractivity contribution < 1.29 is 0 Å². The fourth-order valence-electron chi connectivity index (χ4n) is 4.46. The van der Waals surface area contributed by atoms with E-state index in [1.807, 2.05) is 0 Å². The molecular weight excluding hydrogens is 246 g/mol. The third-order valence-corrected chi connectivity index (χ3v) is 5.44. The second-order valence-electron chi connectivity index (χ2n) is 7.97. The third-order valence-electron chi connectivity index (χ3n) is 5.44. The summed E-state index contributed by atoms with van der Waals surface area (Å²) in [7, 11) is 4.32. The number of nitrogens with two attached hydrogens (primary N) is 1. The molecule has 3 unspecified atom stereocenters. The molecular formula is C17H37N3. The van der Waals surface area contributed by atoms with Crippen molar-refractivity contribution in [2.24, 2.45) is 17.1 Å². The van der Waals surface area contributed by atoms with Crippen molar-refractivity contribution in [1.29, 1.82) is 0 Å². The first-order valence-corrected chi connectivity index (χ1v) is 8.30. The van der Waals surface area contributed by atoms with Crippen molar-refractivity contribution >= 4 is 0 Å². The minimum Gasteiger partial charge on any atom is -0.329 e. The Kier molecular flexibility index (Phi) is 6.06. The highest BCUT2D eigenvalue weighted by molar-refractivity contribution is 5.03. The van der Waals surface area contributed by atoms with Gasteiger partial charge in [-0.1, -0.05) is 27.7 Å². The molecule has 1 fully saturated rings. The van der Waals surface area contributed by atoms with Crippen molar-refractivity contribution in [3.05, 3.63) is 0 Å². The summed E-state index contributed by atoms with van der Waals surface area (Å²) in [6.45, 7) is 14.9. The van der Waals surface area contributed by atoms with Gasteiger partial charge >= 0.3 is 0 Å². The average molecular weight is 284 g/mol. The van der Waals surface area contributed by atoms with Gasteiger partial charge in [0, 0.05) is 24.7 Å². The Balaban J connectivity index is 2.96. The molecule has 1 rings (SSSR count).